The highest BCUT2D eigenvalue weighted by molar-refractivity contribution is 9.10. The van der Waals surface area contributed by atoms with Crippen LogP contribution >= 0.6 is 15.9 Å². The molecule has 0 unspecified atom stereocenters. The monoisotopic (exact) mass is 239 g/mol. The van der Waals surface area contributed by atoms with Gasteiger partial charge in [0.05, 0.1) is 0 Å². The zero-order valence-electron chi connectivity index (χ0n) is 6.57. The first-order valence-electron chi connectivity index (χ1n) is 3.68. The molecule has 66 valence electrons. The Kier molecular flexibility index (Phi) is 2.06. The molecule has 1 N–H and O–H groups in total. The number of rotatable bonds is 0. The van der Waals surface area contributed by atoms with Crippen molar-refractivity contribution in [1.82, 2.24) is 0 Å². The molecule has 1 heterocycles. The van der Waals surface area contributed by atoms with Crippen molar-refractivity contribution in [2.24, 2.45) is 5.16 Å². The van der Waals surface area contributed by atoms with Gasteiger partial charge in [-0.25, -0.2) is 0 Å². The van der Waals surface area contributed by atoms with Gasteiger partial charge in [-0.1, -0.05) is 17.3 Å². The highest BCUT2D eigenvalue weighted by atomic mass is 79.9. The molecule has 0 amide bonds. The van der Waals surface area contributed by atoms with Crippen LogP contribution in [0.5, 0.6) is 0 Å². The van der Waals surface area contributed by atoms with Crippen LogP contribution in [0.2, 0.25) is 0 Å². The third kappa shape index (κ3) is 1.45. The number of benzene rings is 1. The standard InChI is InChI=1S/C9H6BrNO2/c10-9-5-7(11-12)6-3-1-2-4-8(6)13-9/h1-5,12H. The minimum absolute atomic E-state index is 0.494. The van der Waals surface area contributed by atoms with Gasteiger partial charge in [0.2, 0.25) is 0 Å². The summed E-state index contributed by atoms with van der Waals surface area (Å²) in [6.45, 7) is 0. The number of para-hydroxylation sites is 1. The fourth-order valence-corrected chi connectivity index (χ4v) is 1.56. The zero-order valence-corrected chi connectivity index (χ0v) is 8.15. The van der Waals surface area contributed by atoms with E-state index in [9.17, 15) is 0 Å². The minimum Gasteiger partial charge on any atom is -0.449 e. The van der Waals surface area contributed by atoms with Crippen LogP contribution < -0.4 is 5.36 Å². The molecule has 0 aliphatic rings. The molecule has 0 atom stereocenters. The van der Waals surface area contributed by atoms with Crippen LogP contribution in [-0.2, 0) is 0 Å². The second kappa shape index (κ2) is 3.22. The molecule has 0 radical (unpaired) electrons. The molecule has 4 heteroatoms. The Morgan fingerprint density at radius 1 is 1.31 bits per heavy atom. The second-order valence-electron chi connectivity index (χ2n) is 2.53. The van der Waals surface area contributed by atoms with E-state index in [4.69, 9.17) is 9.62 Å². The van der Waals surface area contributed by atoms with Gasteiger partial charge in [-0.3, -0.25) is 0 Å². The smallest absolute Gasteiger partial charge is 0.172 e. The third-order valence-electron chi connectivity index (χ3n) is 1.73. The molecule has 0 aliphatic heterocycles. The van der Waals surface area contributed by atoms with Crippen molar-refractivity contribution in [1.29, 1.82) is 0 Å². The summed E-state index contributed by atoms with van der Waals surface area (Å²) in [6, 6.07) is 8.98. The van der Waals surface area contributed by atoms with Crippen LogP contribution in [0.15, 0.2) is 44.6 Å². The van der Waals surface area contributed by atoms with Crippen molar-refractivity contribution < 1.29 is 9.62 Å². The molecule has 0 saturated heterocycles. The molecule has 0 fully saturated rings. The Bertz CT molecular complexity index is 504. The van der Waals surface area contributed by atoms with Crippen LogP contribution in [0.25, 0.3) is 11.0 Å². The molecule has 13 heavy (non-hydrogen) atoms. The quantitative estimate of drug-likeness (QED) is 0.568. The van der Waals surface area contributed by atoms with Crippen LogP contribution in [0, 0.1) is 0 Å². The molecular weight excluding hydrogens is 234 g/mol. The Labute approximate surface area is 82.4 Å². The van der Waals surface area contributed by atoms with Gasteiger partial charge in [0.1, 0.15) is 10.9 Å². The van der Waals surface area contributed by atoms with Crippen molar-refractivity contribution in [3.8, 4) is 0 Å². The van der Waals surface area contributed by atoms with E-state index in [1.807, 2.05) is 24.3 Å². The van der Waals surface area contributed by atoms with E-state index < -0.39 is 0 Å². The Morgan fingerprint density at radius 3 is 2.85 bits per heavy atom. The second-order valence-corrected chi connectivity index (χ2v) is 3.31. The van der Waals surface area contributed by atoms with Crippen LogP contribution in [0.4, 0.5) is 0 Å². The number of hydrogen-bond donors (Lipinski definition) is 1. The average Bonchev–Trinajstić information content (AvgIpc) is 2.16. The minimum atomic E-state index is 0.494. The van der Waals surface area contributed by atoms with Gasteiger partial charge in [-0.2, -0.15) is 0 Å². The summed E-state index contributed by atoms with van der Waals surface area (Å²) in [5.74, 6) is 0. The highest BCUT2D eigenvalue weighted by Gasteiger charge is 1.99. The van der Waals surface area contributed by atoms with E-state index in [0.717, 1.165) is 5.39 Å². The van der Waals surface area contributed by atoms with Gasteiger partial charge in [-0.15, -0.1) is 0 Å². The van der Waals surface area contributed by atoms with Gasteiger partial charge in [0.25, 0.3) is 0 Å². The predicted octanol–water partition coefficient (Wildman–Crippen LogP) is 2.49. The summed E-state index contributed by atoms with van der Waals surface area (Å²) in [7, 11) is 0. The van der Waals surface area contributed by atoms with E-state index in [0.29, 0.717) is 15.6 Å². The number of halogens is 1. The summed E-state index contributed by atoms with van der Waals surface area (Å²) >= 11 is 3.19. The van der Waals surface area contributed by atoms with Crippen molar-refractivity contribution in [3.05, 3.63) is 40.4 Å². The molecule has 1 aromatic heterocycles. The van der Waals surface area contributed by atoms with Gasteiger partial charge in [0.15, 0.2) is 4.67 Å². The van der Waals surface area contributed by atoms with Gasteiger partial charge in [0, 0.05) is 11.5 Å². The van der Waals surface area contributed by atoms with E-state index in [1.165, 1.54) is 0 Å². The van der Waals surface area contributed by atoms with Crippen LogP contribution in [-0.4, -0.2) is 5.21 Å². The Balaban J connectivity index is 2.99. The number of hydrogen-bond acceptors (Lipinski definition) is 3. The molecule has 1 aromatic carbocycles. The maximum atomic E-state index is 8.72. The molecule has 2 aromatic rings. The third-order valence-corrected chi connectivity index (χ3v) is 2.12. The zero-order chi connectivity index (χ0) is 9.26. The van der Waals surface area contributed by atoms with Crippen molar-refractivity contribution in [3.63, 3.8) is 0 Å². The van der Waals surface area contributed by atoms with Gasteiger partial charge in [-0.05, 0) is 28.1 Å². The van der Waals surface area contributed by atoms with Crippen molar-refractivity contribution in [2.75, 3.05) is 0 Å². The first-order chi connectivity index (χ1) is 6.31. The molecule has 0 spiro atoms. The summed E-state index contributed by atoms with van der Waals surface area (Å²) < 4.78 is 5.89. The average molecular weight is 240 g/mol. The lowest BCUT2D eigenvalue weighted by Gasteiger charge is -1.97. The van der Waals surface area contributed by atoms with E-state index in [1.54, 1.807) is 6.07 Å². The predicted molar refractivity (Wildman–Crippen MR) is 51.3 cm³/mol. The maximum Gasteiger partial charge on any atom is 0.172 e. The van der Waals surface area contributed by atoms with Crippen molar-refractivity contribution >= 4 is 26.9 Å². The van der Waals surface area contributed by atoms with E-state index in [-0.39, 0.29) is 0 Å². The first kappa shape index (κ1) is 8.31. The largest absolute Gasteiger partial charge is 0.449 e. The molecular formula is C9H6BrNO2. The summed E-state index contributed by atoms with van der Waals surface area (Å²) in [6.07, 6.45) is 0. The molecule has 0 saturated carbocycles. The normalized spacial score (nSPS) is 12.2. The topological polar surface area (TPSA) is 45.7 Å². The molecule has 0 aliphatic carbocycles. The first-order valence-corrected chi connectivity index (χ1v) is 4.47. The Morgan fingerprint density at radius 2 is 2.08 bits per heavy atom. The molecule has 0 bridgehead atoms. The van der Waals surface area contributed by atoms with E-state index >= 15 is 0 Å². The fraction of sp³-hybridized carbons (Fsp3) is 0. The molecule has 3 nitrogen and oxygen atoms in total. The Hall–Kier alpha value is -1.29. The lowest BCUT2D eigenvalue weighted by Crippen LogP contribution is -2.01. The summed E-state index contributed by atoms with van der Waals surface area (Å²) in [5, 5.41) is 13.2. The highest BCUT2D eigenvalue weighted by Crippen LogP contribution is 2.15. The number of nitrogens with zero attached hydrogens (tertiary/aromatic N) is 1. The van der Waals surface area contributed by atoms with Crippen LogP contribution in [0.3, 0.4) is 0 Å². The summed E-state index contributed by atoms with van der Waals surface area (Å²) in [5.41, 5.74) is 0.685. The fourth-order valence-electron chi connectivity index (χ4n) is 1.17. The lowest BCUT2D eigenvalue weighted by molar-refractivity contribution is 0.302. The van der Waals surface area contributed by atoms with Gasteiger partial charge < -0.3 is 9.62 Å². The van der Waals surface area contributed by atoms with Gasteiger partial charge >= 0.3 is 0 Å². The molecule has 2 rings (SSSR count). The maximum absolute atomic E-state index is 8.72. The lowest BCUT2D eigenvalue weighted by atomic mass is 10.2. The summed E-state index contributed by atoms with van der Waals surface area (Å²) in [4.78, 5) is 0. The van der Waals surface area contributed by atoms with Crippen LogP contribution in [0.1, 0.15) is 0 Å². The van der Waals surface area contributed by atoms with Crippen molar-refractivity contribution in [2.45, 2.75) is 0 Å². The SMILES string of the molecule is ON=c1cc(Br)oc2ccccc12. The number of fused-ring (bicyclic) bond motifs is 1. The van der Waals surface area contributed by atoms with E-state index in [2.05, 4.69) is 21.1 Å².